The predicted octanol–water partition coefficient (Wildman–Crippen LogP) is 1.70. The fraction of sp³-hybridized carbons (Fsp3) is 0.667. The third-order valence-electron chi connectivity index (χ3n) is 2.98. The van der Waals surface area contributed by atoms with Gasteiger partial charge in [-0.3, -0.25) is 4.99 Å². The van der Waals surface area contributed by atoms with Crippen molar-refractivity contribution in [3.05, 3.63) is 23.1 Å². The van der Waals surface area contributed by atoms with Crippen molar-refractivity contribution in [3.8, 4) is 0 Å². The summed E-state index contributed by atoms with van der Waals surface area (Å²) in [7, 11) is 0. The standard InChI is InChI=1S/C12H19N3/c1-3-13-12-10-7-5-6-8-11(10)14-9-15(12)4-2/h9H,3-8H2,1-2H3. The predicted molar refractivity (Wildman–Crippen MR) is 60.6 cm³/mol. The Morgan fingerprint density at radius 2 is 2.13 bits per heavy atom. The van der Waals surface area contributed by atoms with Gasteiger partial charge in [0, 0.05) is 24.3 Å². The molecule has 0 atom stereocenters. The molecule has 0 aliphatic heterocycles. The van der Waals surface area contributed by atoms with E-state index in [1.165, 1.54) is 29.6 Å². The number of rotatable bonds is 2. The average Bonchev–Trinajstić information content (AvgIpc) is 2.30. The Kier molecular flexibility index (Phi) is 3.19. The monoisotopic (exact) mass is 205 g/mol. The van der Waals surface area contributed by atoms with Gasteiger partial charge < -0.3 is 4.57 Å². The van der Waals surface area contributed by atoms with Gasteiger partial charge in [0.1, 0.15) is 5.49 Å². The number of hydrogen-bond acceptors (Lipinski definition) is 2. The third kappa shape index (κ3) is 1.96. The van der Waals surface area contributed by atoms with Crippen molar-refractivity contribution in [1.29, 1.82) is 0 Å². The topological polar surface area (TPSA) is 30.2 Å². The summed E-state index contributed by atoms with van der Waals surface area (Å²) in [5.41, 5.74) is 3.84. The fourth-order valence-corrected chi connectivity index (χ4v) is 2.21. The van der Waals surface area contributed by atoms with Crippen molar-refractivity contribution < 1.29 is 0 Å². The van der Waals surface area contributed by atoms with Crippen LogP contribution in [0.25, 0.3) is 0 Å². The van der Waals surface area contributed by atoms with Crippen LogP contribution in [0.15, 0.2) is 11.3 Å². The lowest BCUT2D eigenvalue weighted by atomic mass is 9.97. The van der Waals surface area contributed by atoms with E-state index in [-0.39, 0.29) is 0 Å². The first-order chi connectivity index (χ1) is 7.36. The minimum atomic E-state index is 0.858. The molecule has 1 heterocycles. The van der Waals surface area contributed by atoms with Crippen LogP contribution in [0, 0.1) is 0 Å². The summed E-state index contributed by atoms with van der Waals surface area (Å²) in [6, 6.07) is 0. The van der Waals surface area contributed by atoms with Gasteiger partial charge in [0.2, 0.25) is 0 Å². The second-order valence-electron chi connectivity index (χ2n) is 3.96. The first-order valence-corrected chi connectivity index (χ1v) is 5.94. The van der Waals surface area contributed by atoms with Crippen molar-refractivity contribution in [1.82, 2.24) is 9.55 Å². The number of aromatic nitrogens is 2. The maximum Gasteiger partial charge on any atom is 0.133 e. The lowest BCUT2D eigenvalue weighted by molar-refractivity contribution is 0.603. The number of aryl methyl sites for hydroxylation is 2. The molecule has 0 saturated carbocycles. The Balaban J connectivity index is 2.60. The van der Waals surface area contributed by atoms with E-state index in [1.807, 2.05) is 6.33 Å². The molecule has 0 aromatic carbocycles. The molecule has 15 heavy (non-hydrogen) atoms. The minimum absolute atomic E-state index is 0.858. The molecule has 0 radical (unpaired) electrons. The second kappa shape index (κ2) is 4.60. The van der Waals surface area contributed by atoms with E-state index in [0.29, 0.717) is 0 Å². The summed E-state index contributed by atoms with van der Waals surface area (Å²) in [5, 5.41) is 0. The van der Waals surface area contributed by atoms with Gasteiger partial charge >= 0.3 is 0 Å². The van der Waals surface area contributed by atoms with Gasteiger partial charge in [0.05, 0.1) is 6.33 Å². The van der Waals surface area contributed by atoms with E-state index in [2.05, 4.69) is 28.4 Å². The van der Waals surface area contributed by atoms with Gasteiger partial charge in [-0.2, -0.15) is 0 Å². The summed E-state index contributed by atoms with van der Waals surface area (Å²) in [5.74, 6) is 0. The third-order valence-corrected chi connectivity index (χ3v) is 2.98. The first kappa shape index (κ1) is 10.4. The van der Waals surface area contributed by atoms with E-state index in [9.17, 15) is 0 Å². The SMILES string of the molecule is CCN=c1c2c(ncn1CC)CCCC2. The van der Waals surface area contributed by atoms with Crippen LogP contribution in [0.2, 0.25) is 0 Å². The van der Waals surface area contributed by atoms with Crippen molar-refractivity contribution >= 4 is 0 Å². The number of nitrogens with zero attached hydrogens (tertiary/aromatic N) is 3. The lowest BCUT2D eigenvalue weighted by Crippen LogP contribution is -2.29. The zero-order chi connectivity index (χ0) is 10.7. The molecule has 3 heteroatoms. The molecule has 1 aliphatic rings. The maximum atomic E-state index is 4.61. The summed E-state index contributed by atoms with van der Waals surface area (Å²) < 4.78 is 2.16. The quantitative estimate of drug-likeness (QED) is 0.723. The lowest BCUT2D eigenvalue weighted by Gasteiger charge is -2.17. The summed E-state index contributed by atoms with van der Waals surface area (Å²) in [6.07, 6.45) is 6.79. The normalized spacial score (nSPS) is 16.5. The Morgan fingerprint density at radius 3 is 2.87 bits per heavy atom. The van der Waals surface area contributed by atoms with Gasteiger partial charge in [0.15, 0.2) is 0 Å². The van der Waals surface area contributed by atoms with Crippen molar-refractivity contribution in [3.63, 3.8) is 0 Å². The van der Waals surface area contributed by atoms with Crippen molar-refractivity contribution in [2.24, 2.45) is 4.99 Å². The molecule has 82 valence electrons. The molecule has 0 bridgehead atoms. The number of fused-ring (bicyclic) bond motifs is 1. The molecular formula is C12H19N3. The Labute approximate surface area is 90.9 Å². The maximum absolute atomic E-state index is 4.61. The highest BCUT2D eigenvalue weighted by Gasteiger charge is 2.13. The van der Waals surface area contributed by atoms with Crippen LogP contribution in [0.1, 0.15) is 37.9 Å². The molecule has 1 aromatic rings. The van der Waals surface area contributed by atoms with Crippen LogP contribution in [-0.4, -0.2) is 16.1 Å². The zero-order valence-corrected chi connectivity index (χ0v) is 9.66. The highest BCUT2D eigenvalue weighted by Crippen LogP contribution is 2.15. The largest absolute Gasteiger partial charge is 0.317 e. The van der Waals surface area contributed by atoms with Crippen molar-refractivity contribution in [2.45, 2.75) is 46.1 Å². The van der Waals surface area contributed by atoms with Gasteiger partial charge in [0.25, 0.3) is 0 Å². The summed E-state index contributed by atoms with van der Waals surface area (Å²) >= 11 is 0. The molecule has 1 aromatic heterocycles. The highest BCUT2D eigenvalue weighted by molar-refractivity contribution is 5.19. The molecule has 0 unspecified atom stereocenters. The molecule has 0 fully saturated rings. The Hall–Kier alpha value is -1.12. The average molecular weight is 205 g/mol. The second-order valence-corrected chi connectivity index (χ2v) is 3.96. The van der Waals surface area contributed by atoms with E-state index < -0.39 is 0 Å². The summed E-state index contributed by atoms with van der Waals surface area (Å²) in [4.78, 5) is 9.15. The van der Waals surface area contributed by atoms with Crippen LogP contribution >= 0.6 is 0 Å². The smallest absolute Gasteiger partial charge is 0.133 e. The van der Waals surface area contributed by atoms with Crippen LogP contribution in [-0.2, 0) is 19.4 Å². The highest BCUT2D eigenvalue weighted by atomic mass is 15.1. The number of hydrogen-bond donors (Lipinski definition) is 0. The first-order valence-electron chi connectivity index (χ1n) is 5.94. The van der Waals surface area contributed by atoms with Gasteiger partial charge in [-0.15, -0.1) is 0 Å². The molecular weight excluding hydrogens is 186 g/mol. The van der Waals surface area contributed by atoms with Crippen molar-refractivity contribution in [2.75, 3.05) is 6.54 Å². The fourth-order valence-electron chi connectivity index (χ4n) is 2.21. The molecule has 3 nitrogen and oxygen atoms in total. The van der Waals surface area contributed by atoms with Crippen LogP contribution < -0.4 is 5.49 Å². The molecule has 0 spiro atoms. The molecule has 0 saturated heterocycles. The van der Waals surface area contributed by atoms with E-state index >= 15 is 0 Å². The Bertz CT molecular complexity index is 404. The Morgan fingerprint density at radius 1 is 1.33 bits per heavy atom. The van der Waals surface area contributed by atoms with E-state index in [1.54, 1.807) is 0 Å². The molecule has 0 amide bonds. The van der Waals surface area contributed by atoms with E-state index in [4.69, 9.17) is 0 Å². The van der Waals surface area contributed by atoms with Gasteiger partial charge in [-0.05, 0) is 39.5 Å². The van der Waals surface area contributed by atoms with Crippen LogP contribution in [0.3, 0.4) is 0 Å². The summed E-state index contributed by atoms with van der Waals surface area (Å²) in [6.45, 7) is 6.05. The van der Waals surface area contributed by atoms with Gasteiger partial charge in [-0.25, -0.2) is 4.98 Å². The van der Waals surface area contributed by atoms with E-state index in [0.717, 1.165) is 25.9 Å². The van der Waals surface area contributed by atoms with Crippen LogP contribution in [0.5, 0.6) is 0 Å². The van der Waals surface area contributed by atoms with Gasteiger partial charge in [-0.1, -0.05) is 0 Å². The molecule has 2 rings (SSSR count). The molecule has 0 N–H and O–H groups in total. The minimum Gasteiger partial charge on any atom is -0.317 e. The molecule has 1 aliphatic carbocycles. The van der Waals surface area contributed by atoms with Crippen LogP contribution in [0.4, 0.5) is 0 Å². The zero-order valence-electron chi connectivity index (χ0n) is 9.66.